The first-order chi connectivity index (χ1) is 9.12. The zero-order chi connectivity index (χ0) is 15.4. The number of ether oxygens (including phenoxy) is 1. The molecular formula is C15H26O3Si2. The highest BCUT2D eigenvalue weighted by Gasteiger charge is 2.14. The summed E-state index contributed by atoms with van der Waals surface area (Å²) in [5, 5.41) is 1.93. The van der Waals surface area contributed by atoms with Crippen molar-refractivity contribution in [3.8, 4) is 5.75 Å². The second-order valence-corrected chi connectivity index (χ2v) is 15.6. The van der Waals surface area contributed by atoms with Crippen LogP contribution in [0.2, 0.25) is 39.3 Å². The summed E-state index contributed by atoms with van der Waals surface area (Å²) < 4.78 is 17.2. The lowest BCUT2D eigenvalue weighted by atomic mass is 10.2. The highest BCUT2D eigenvalue weighted by Crippen LogP contribution is 2.05. The molecule has 0 aromatic heterocycles. The lowest BCUT2D eigenvalue weighted by molar-refractivity contribution is 0.408. The van der Waals surface area contributed by atoms with Crippen molar-refractivity contribution in [2.24, 2.45) is 0 Å². The zero-order valence-electron chi connectivity index (χ0n) is 13.6. The summed E-state index contributed by atoms with van der Waals surface area (Å²) in [4.78, 5) is 0. The van der Waals surface area contributed by atoms with Crippen LogP contribution in [0.25, 0.3) is 12.5 Å². The molecular weight excluding hydrogens is 284 g/mol. The Labute approximate surface area is 124 Å². The summed E-state index contributed by atoms with van der Waals surface area (Å²) >= 11 is 0. The van der Waals surface area contributed by atoms with Gasteiger partial charge < -0.3 is 13.6 Å². The minimum Gasteiger partial charge on any atom is -0.549 e. The first-order valence-corrected chi connectivity index (χ1v) is 13.6. The Balaban J connectivity index is 3.31. The number of rotatable bonds is 5. The maximum absolute atomic E-state index is 5.90. The molecule has 0 aliphatic carbocycles. The van der Waals surface area contributed by atoms with Crippen molar-refractivity contribution < 1.29 is 13.6 Å². The van der Waals surface area contributed by atoms with Gasteiger partial charge in [-0.1, -0.05) is 12.1 Å². The Bertz CT molecular complexity index is 554. The topological polar surface area (TPSA) is 27.7 Å². The van der Waals surface area contributed by atoms with Crippen molar-refractivity contribution in [3.05, 3.63) is 28.6 Å². The Morgan fingerprint density at radius 3 is 1.90 bits per heavy atom. The average Bonchev–Trinajstić information content (AvgIpc) is 2.32. The summed E-state index contributed by atoms with van der Waals surface area (Å²) in [6, 6.07) is 5.91. The van der Waals surface area contributed by atoms with Crippen LogP contribution in [0.3, 0.4) is 0 Å². The van der Waals surface area contributed by atoms with Gasteiger partial charge >= 0.3 is 0 Å². The van der Waals surface area contributed by atoms with Gasteiger partial charge in [-0.05, 0) is 45.3 Å². The number of hydrogen-bond acceptors (Lipinski definition) is 3. The van der Waals surface area contributed by atoms with Crippen LogP contribution in [0.1, 0.15) is 0 Å². The standard InChI is InChI=1S/C15H26O3Si2/c1-16-15-10-8-9-13(11-17-19(2,3)4)14(15)12-18-20(5,6)7/h8-12H,1-7H3/b13-11+,14-12-. The molecule has 0 aliphatic heterocycles. The summed E-state index contributed by atoms with van der Waals surface area (Å²) in [6.07, 6.45) is 3.64. The monoisotopic (exact) mass is 310 g/mol. The van der Waals surface area contributed by atoms with E-state index in [-0.39, 0.29) is 0 Å². The maximum Gasteiger partial charge on any atom is 0.241 e. The van der Waals surface area contributed by atoms with Crippen LogP contribution in [-0.4, -0.2) is 23.7 Å². The molecule has 0 heterocycles. The number of benzene rings is 1. The Morgan fingerprint density at radius 2 is 1.40 bits per heavy atom. The molecule has 0 unspecified atom stereocenters. The van der Waals surface area contributed by atoms with Gasteiger partial charge in [-0.25, -0.2) is 0 Å². The third-order valence-electron chi connectivity index (χ3n) is 2.39. The molecule has 0 saturated heterocycles. The molecule has 0 aliphatic rings. The highest BCUT2D eigenvalue weighted by molar-refractivity contribution is 6.70. The fraction of sp³-hybridized carbons (Fsp3) is 0.467. The van der Waals surface area contributed by atoms with Crippen molar-refractivity contribution in [2.75, 3.05) is 7.11 Å². The molecule has 0 spiro atoms. The van der Waals surface area contributed by atoms with E-state index in [1.165, 1.54) is 0 Å². The summed E-state index contributed by atoms with van der Waals surface area (Å²) in [6.45, 7) is 12.9. The molecule has 3 nitrogen and oxygen atoms in total. The second kappa shape index (κ2) is 6.50. The van der Waals surface area contributed by atoms with Crippen molar-refractivity contribution in [1.29, 1.82) is 0 Å². The molecule has 112 valence electrons. The van der Waals surface area contributed by atoms with Crippen LogP contribution >= 0.6 is 0 Å². The molecule has 20 heavy (non-hydrogen) atoms. The third kappa shape index (κ3) is 5.84. The SMILES string of the molecule is COc1cccc(=C\O[Si](C)(C)C)/c1=C/O[Si](C)(C)C. The smallest absolute Gasteiger partial charge is 0.241 e. The van der Waals surface area contributed by atoms with E-state index in [1.807, 2.05) is 30.7 Å². The molecule has 0 atom stereocenters. The van der Waals surface area contributed by atoms with E-state index in [9.17, 15) is 0 Å². The molecule has 0 radical (unpaired) electrons. The lowest BCUT2D eigenvalue weighted by Gasteiger charge is -2.16. The van der Waals surface area contributed by atoms with Crippen molar-refractivity contribution in [1.82, 2.24) is 0 Å². The highest BCUT2D eigenvalue weighted by atomic mass is 28.4. The maximum atomic E-state index is 5.90. The van der Waals surface area contributed by atoms with Crippen molar-refractivity contribution >= 4 is 29.2 Å². The van der Waals surface area contributed by atoms with E-state index in [0.29, 0.717) is 0 Å². The Morgan fingerprint density at radius 1 is 0.850 bits per heavy atom. The van der Waals surface area contributed by atoms with Gasteiger partial charge in [-0.2, -0.15) is 0 Å². The minimum absolute atomic E-state index is 0.802. The summed E-state index contributed by atoms with van der Waals surface area (Å²) in [5.41, 5.74) is 0. The minimum atomic E-state index is -1.62. The third-order valence-corrected chi connectivity index (χ3v) is 4.04. The van der Waals surface area contributed by atoms with E-state index in [2.05, 4.69) is 39.3 Å². The van der Waals surface area contributed by atoms with E-state index in [4.69, 9.17) is 13.6 Å². The van der Waals surface area contributed by atoms with E-state index >= 15 is 0 Å². The molecule has 0 saturated carbocycles. The molecule has 0 fully saturated rings. The quantitative estimate of drug-likeness (QED) is 0.783. The second-order valence-electron chi connectivity index (χ2n) is 6.66. The molecule has 1 rings (SSSR count). The van der Waals surface area contributed by atoms with Gasteiger partial charge in [0.25, 0.3) is 0 Å². The largest absolute Gasteiger partial charge is 0.549 e. The van der Waals surface area contributed by atoms with Crippen molar-refractivity contribution in [2.45, 2.75) is 39.3 Å². The molecule has 1 aromatic carbocycles. The van der Waals surface area contributed by atoms with Crippen LogP contribution in [0.5, 0.6) is 5.75 Å². The van der Waals surface area contributed by atoms with Gasteiger partial charge in [0.05, 0.1) is 24.9 Å². The molecule has 0 N–H and O–H groups in total. The van der Waals surface area contributed by atoms with E-state index in [0.717, 1.165) is 16.2 Å². The van der Waals surface area contributed by atoms with Gasteiger partial charge in [-0.3, -0.25) is 0 Å². The Kier molecular flexibility index (Phi) is 5.47. The Hall–Kier alpha value is -1.21. The molecule has 1 aromatic rings. The predicted molar refractivity (Wildman–Crippen MR) is 90.0 cm³/mol. The zero-order valence-corrected chi connectivity index (χ0v) is 15.6. The normalized spacial score (nSPS) is 14.3. The fourth-order valence-electron chi connectivity index (χ4n) is 1.44. The fourth-order valence-corrected chi connectivity index (χ4v) is 2.40. The van der Waals surface area contributed by atoms with Gasteiger partial charge in [-0.15, -0.1) is 0 Å². The van der Waals surface area contributed by atoms with Gasteiger partial charge in [0, 0.05) is 5.22 Å². The first kappa shape index (κ1) is 16.8. The van der Waals surface area contributed by atoms with Crippen LogP contribution in [0, 0.1) is 0 Å². The number of methoxy groups -OCH3 is 1. The number of hydrogen-bond donors (Lipinski definition) is 0. The summed E-state index contributed by atoms with van der Waals surface area (Å²) in [5.74, 6) is 0.802. The predicted octanol–water partition coefficient (Wildman–Crippen LogP) is 2.87. The first-order valence-electron chi connectivity index (χ1n) is 6.81. The van der Waals surface area contributed by atoms with Crippen LogP contribution in [0.15, 0.2) is 18.2 Å². The summed E-state index contributed by atoms with van der Waals surface area (Å²) in [7, 11) is -1.54. The van der Waals surface area contributed by atoms with Gasteiger partial charge in [0.1, 0.15) is 5.75 Å². The van der Waals surface area contributed by atoms with Crippen molar-refractivity contribution in [3.63, 3.8) is 0 Å². The van der Waals surface area contributed by atoms with Crippen LogP contribution in [-0.2, 0) is 8.85 Å². The molecule has 0 amide bonds. The average molecular weight is 311 g/mol. The van der Waals surface area contributed by atoms with Crippen LogP contribution < -0.4 is 15.2 Å². The molecule has 0 bridgehead atoms. The van der Waals surface area contributed by atoms with E-state index < -0.39 is 16.6 Å². The van der Waals surface area contributed by atoms with Crippen LogP contribution in [0.4, 0.5) is 0 Å². The lowest BCUT2D eigenvalue weighted by Crippen LogP contribution is -2.32. The van der Waals surface area contributed by atoms with Gasteiger partial charge in [0.15, 0.2) is 0 Å². The van der Waals surface area contributed by atoms with Gasteiger partial charge in [0.2, 0.25) is 16.6 Å². The van der Waals surface area contributed by atoms with E-state index in [1.54, 1.807) is 7.11 Å². The molecule has 5 heteroatoms.